The summed E-state index contributed by atoms with van der Waals surface area (Å²) < 4.78 is 7.94. The van der Waals surface area contributed by atoms with E-state index in [1.807, 2.05) is 23.6 Å². The molecule has 6 rings (SSSR count). The average molecular weight is 610 g/mol. The van der Waals surface area contributed by atoms with E-state index in [-0.39, 0.29) is 11.1 Å². The Morgan fingerprint density at radius 3 is 2.30 bits per heavy atom. The number of carboxylic acids is 3. The van der Waals surface area contributed by atoms with Crippen LogP contribution in [0, 0.1) is 0 Å². The van der Waals surface area contributed by atoms with E-state index in [1.165, 1.54) is 31.6 Å². The largest absolute Gasteiger partial charge is 0.481 e. The summed E-state index contributed by atoms with van der Waals surface area (Å²) in [5.41, 5.74) is 0.832. The van der Waals surface area contributed by atoms with Gasteiger partial charge in [-0.25, -0.2) is 9.78 Å². The van der Waals surface area contributed by atoms with Gasteiger partial charge in [0.2, 0.25) is 0 Å². The Kier molecular flexibility index (Phi) is 8.32. The normalized spacial score (nSPS) is 21.9. The van der Waals surface area contributed by atoms with Crippen LogP contribution in [-0.4, -0.2) is 79.5 Å². The molecule has 1 saturated carbocycles. The maximum atomic E-state index is 10.3. The van der Waals surface area contributed by atoms with Crippen LogP contribution in [-0.2, 0) is 36.7 Å². The molecular weight excluding hydrogens is 574 g/mol. The van der Waals surface area contributed by atoms with Crippen molar-refractivity contribution in [3.63, 3.8) is 0 Å². The summed E-state index contributed by atoms with van der Waals surface area (Å²) in [6, 6.07) is 15.4. The molecule has 3 aromatic heterocycles. The van der Waals surface area contributed by atoms with E-state index in [0.29, 0.717) is 0 Å². The zero-order valence-electron chi connectivity index (χ0n) is 24.0. The van der Waals surface area contributed by atoms with Crippen LogP contribution in [0.15, 0.2) is 48.7 Å². The van der Waals surface area contributed by atoms with Crippen molar-refractivity contribution in [2.24, 2.45) is 0 Å². The van der Waals surface area contributed by atoms with Crippen LogP contribution in [0.2, 0.25) is 0 Å². The molecule has 12 heteroatoms. The van der Waals surface area contributed by atoms with Crippen molar-refractivity contribution in [3.8, 4) is 0 Å². The summed E-state index contributed by atoms with van der Waals surface area (Å²) in [5.74, 6) is -5.02. The highest BCUT2D eigenvalue weighted by Crippen LogP contribution is 2.53. The summed E-state index contributed by atoms with van der Waals surface area (Å²) in [7, 11) is 4.48. The zero-order valence-corrected chi connectivity index (χ0v) is 24.8. The predicted octanol–water partition coefficient (Wildman–Crippen LogP) is 4.33. The first kappa shape index (κ1) is 30.6. The fraction of sp³-hybridized carbons (Fsp3) is 0.419. The monoisotopic (exact) mass is 609 g/mol. The number of nitrogens with zero attached hydrogens (tertiary/aromatic N) is 2. The minimum absolute atomic E-state index is 0.0696. The van der Waals surface area contributed by atoms with Crippen molar-refractivity contribution in [1.82, 2.24) is 14.9 Å². The molecule has 4 heterocycles. The number of aliphatic carboxylic acids is 3. The van der Waals surface area contributed by atoms with Crippen molar-refractivity contribution in [2.75, 3.05) is 20.7 Å². The van der Waals surface area contributed by atoms with Crippen LogP contribution in [0.4, 0.5) is 0 Å². The summed E-state index contributed by atoms with van der Waals surface area (Å²) in [6.07, 6.45) is 4.79. The number of aromatic nitrogens is 2. The summed E-state index contributed by atoms with van der Waals surface area (Å²) in [6.45, 7) is 0.798. The SMILES string of the molecule is CN(C)C1(c2cc3ccccc3s2)CCC2(CC1)OCCc1c2[nH]c2ncccc12.O=C(O)CC(O)(CC(=O)O)C(=O)O. The lowest BCUT2D eigenvalue weighted by Gasteiger charge is -2.50. The number of carboxylic acid groups (broad SMARTS) is 3. The van der Waals surface area contributed by atoms with Crippen LogP contribution in [0.3, 0.4) is 0 Å². The van der Waals surface area contributed by atoms with Gasteiger partial charge in [-0.3, -0.25) is 14.5 Å². The molecule has 43 heavy (non-hydrogen) atoms. The van der Waals surface area contributed by atoms with Crippen LogP contribution in [0.5, 0.6) is 0 Å². The number of aliphatic hydroxyl groups is 1. The van der Waals surface area contributed by atoms with Gasteiger partial charge < -0.3 is 30.1 Å². The zero-order chi connectivity index (χ0) is 31.0. The predicted molar refractivity (Wildman–Crippen MR) is 160 cm³/mol. The van der Waals surface area contributed by atoms with Crippen LogP contribution < -0.4 is 0 Å². The first-order valence-electron chi connectivity index (χ1n) is 14.0. The van der Waals surface area contributed by atoms with Crippen molar-refractivity contribution < 1.29 is 39.5 Å². The molecule has 1 aromatic carbocycles. The minimum atomic E-state index is -2.74. The molecule has 4 aromatic rings. The van der Waals surface area contributed by atoms with Gasteiger partial charge in [0.05, 0.1) is 30.7 Å². The van der Waals surface area contributed by atoms with Gasteiger partial charge in [-0.2, -0.15) is 0 Å². The van der Waals surface area contributed by atoms with Crippen molar-refractivity contribution in [2.45, 2.75) is 61.7 Å². The summed E-state index contributed by atoms with van der Waals surface area (Å²) in [5, 5.41) is 36.4. The number of benzene rings is 1. The first-order chi connectivity index (χ1) is 20.4. The fourth-order valence-electron chi connectivity index (χ4n) is 6.45. The smallest absolute Gasteiger partial charge is 0.336 e. The second-order valence-corrected chi connectivity index (χ2v) is 12.6. The molecule has 228 valence electrons. The maximum absolute atomic E-state index is 10.3. The molecule has 1 aliphatic heterocycles. The third-order valence-electron chi connectivity index (χ3n) is 8.77. The molecule has 0 radical (unpaired) electrons. The number of hydrogen-bond donors (Lipinski definition) is 5. The summed E-state index contributed by atoms with van der Waals surface area (Å²) in [4.78, 5) is 42.6. The standard InChI is InChI=1S/C25H27N3OS.C6H8O7/c1-28(2)24(21-16-17-6-3-4-8-20(17)30-21)10-12-25(13-11-24)22-18(9-15-29-25)19-7-5-14-26-23(19)27-22;7-3(8)1-6(13,5(11)12)2-4(9)10/h3-8,14,16H,9-13,15H2,1-2H3,(H,26,27);13H,1-2H2,(H,7,8)(H,9,10)(H,11,12). The number of hydrogen-bond acceptors (Lipinski definition) is 8. The van der Waals surface area contributed by atoms with Gasteiger partial charge >= 0.3 is 17.9 Å². The Morgan fingerprint density at radius 2 is 1.70 bits per heavy atom. The molecule has 0 unspecified atom stereocenters. The van der Waals surface area contributed by atoms with Gasteiger partial charge in [0, 0.05) is 21.2 Å². The number of ether oxygens (including phenoxy) is 1. The third-order valence-corrected chi connectivity index (χ3v) is 10.1. The number of rotatable bonds is 7. The molecule has 0 saturated heterocycles. The topological polar surface area (TPSA) is 173 Å². The average Bonchev–Trinajstić information content (AvgIpc) is 3.56. The number of aromatic amines is 1. The highest BCUT2D eigenvalue weighted by atomic mass is 32.1. The highest BCUT2D eigenvalue weighted by molar-refractivity contribution is 7.19. The number of pyridine rings is 1. The lowest BCUT2D eigenvalue weighted by Crippen LogP contribution is -2.49. The van der Waals surface area contributed by atoms with Gasteiger partial charge in [-0.15, -0.1) is 11.3 Å². The first-order valence-corrected chi connectivity index (χ1v) is 14.9. The van der Waals surface area contributed by atoms with Crippen molar-refractivity contribution in [1.29, 1.82) is 0 Å². The Balaban J connectivity index is 0.000000242. The van der Waals surface area contributed by atoms with E-state index < -0.39 is 36.4 Å². The molecule has 0 amide bonds. The molecule has 1 fully saturated rings. The fourth-order valence-corrected chi connectivity index (χ4v) is 7.84. The van der Waals surface area contributed by atoms with Gasteiger partial charge in [-0.05, 0) is 81.4 Å². The van der Waals surface area contributed by atoms with E-state index in [1.54, 1.807) is 0 Å². The third kappa shape index (κ3) is 5.75. The molecule has 5 N–H and O–H groups in total. The number of carbonyl (C=O) groups is 3. The lowest BCUT2D eigenvalue weighted by molar-refractivity contribution is -0.170. The minimum Gasteiger partial charge on any atom is -0.481 e. The molecular formula is C31H35N3O8S. The van der Waals surface area contributed by atoms with Crippen LogP contribution >= 0.6 is 11.3 Å². The molecule has 0 bridgehead atoms. The van der Waals surface area contributed by atoms with Gasteiger partial charge in [0.1, 0.15) is 11.2 Å². The lowest BCUT2D eigenvalue weighted by atomic mass is 9.70. The number of nitrogens with one attached hydrogen (secondary N) is 1. The van der Waals surface area contributed by atoms with E-state index in [4.69, 9.17) is 25.2 Å². The Bertz CT molecular complexity index is 1620. The number of fused-ring (bicyclic) bond motifs is 5. The second kappa shape index (κ2) is 11.7. The maximum Gasteiger partial charge on any atom is 0.336 e. The van der Waals surface area contributed by atoms with Crippen LogP contribution in [0.25, 0.3) is 21.1 Å². The van der Waals surface area contributed by atoms with E-state index in [9.17, 15) is 14.4 Å². The Morgan fingerprint density at radius 1 is 1.02 bits per heavy atom. The Hall–Kier alpha value is -3.84. The molecule has 0 atom stereocenters. The van der Waals surface area contributed by atoms with Gasteiger partial charge in [-0.1, -0.05) is 18.2 Å². The summed E-state index contributed by atoms with van der Waals surface area (Å²) >= 11 is 1.96. The molecule has 11 nitrogen and oxygen atoms in total. The van der Waals surface area contributed by atoms with Crippen LogP contribution in [0.1, 0.15) is 54.7 Å². The van der Waals surface area contributed by atoms with Gasteiger partial charge in [0.25, 0.3) is 0 Å². The Labute approximate surface area is 251 Å². The highest BCUT2D eigenvalue weighted by Gasteiger charge is 2.50. The molecule has 2 aliphatic rings. The van der Waals surface area contributed by atoms with E-state index in [2.05, 4.69) is 65.4 Å². The van der Waals surface area contributed by atoms with Crippen molar-refractivity contribution >= 4 is 50.4 Å². The quantitative estimate of drug-likeness (QED) is 0.203. The molecule has 1 spiro atoms. The second-order valence-electron chi connectivity index (χ2n) is 11.5. The number of thiophene rings is 1. The van der Waals surface area contributed by atoms with Crippen molar-refractivity contribution in [3.05, 3.63) is 64.8 Å². The number of H-pyrrole nitrogens is 1. The van der Waals surface area contributed by atoms with Gasteiger partial charge in [0.15, 0.2) is 5.60 Å². The van der Waals surface area contributed by atoms with E-state index in [0.717, 1.165) is 44.4 Å². The van der Waals surface area contributed by atoms with E-state index >= 15 is 0 Å². The molecule has 1 aliphatic carbocycles.